The quantitative estimate of drug-likeness (QED) is 0.456. The van der Waals surface area contributed by atoms with E-state index in [1.165, 1.54) is 18.5 Å². The minimum absolute atomic E-state index is 0.120. The fourth-order valence-corrected chi connectivity index (χ4v) is 3.08. The molecule has 0 bridgehead atoms. The van der Waals surface area contributed by atoms with Crippen molar-refractivity contribution in [1.82, 2.24) is 9.78 Å². The predicted molar refractivity (Wildman–Crippen MR) is 113 cm³/mol. The van der Waals surface area contributed by atoms with E-state index in [0.29, 0.717) is 16.4 Å². The van der Waals surface area contributed by atoms with Gasteiger partial charge in [0.05, 0.1) is 16.2 Å². The molecule has 0 radical (unpaired) electrons. The summed E-state index contributed by atoms with van der Waals surface area (Å²) in [5.41, 5.74) is 1.52. The molecular weight excluding hydrogens is 410 g/mol. The Labute approximate surface area is 176 Å². The van der Waals surface area contributed by atoms with Gasteiger partial charge in [-0.05, 0) is 50.2 Å². The molecule has 0 saturated carbocycles. The maximum absolute atomic E-state index is 12.6. The van der Waals surface area contributed by atoms with Crippen LogP contribution >= 0.6 is 11.6 Å². The first kappa shape index (κ1) is 21.0. The molecule has 0 aliphatic heterocycles. The second-order valence-corrected chi connectivity index (χ2v) is 6.93. The first-order valence-electron chi connectivity index (χ1n) is 8.90. The van der Waals surface area contributed by atoms with E-state index in [1.54, 1.807) is 48.5 Å². The predicted octanol–water partition coefficient (Wildman–Crippen LogP) is 3.95. The van der Waals surface area contributed by atoms with Crippen LogP contribution in [0.25, 0.3) is 0 Å². The summed E-state index contributed by atoms with van der Waals surface area (Å²) in [4.78, 5) is 35.8. The zero-order valence-corrected chi connectivity index (χ0v) is 16.9. The maximum Gasteiger partial charge on any atom is 0.312 e. The lowest BCUT2D eigenvalue weighted by molar-refractivity contribution is -0.386. The molecule has 2 aromatic carbocycles. The van der Waals surface area contributed by atoms with Gasteiger partial charge >= 0.3 is 5.69 Å². The molecule has 0 unspecified atom stereocenters. The van der Waals surface area contributed by atoms with Crippen LogP contribution in [0.3, 0.4) is 0 Å². The average molecular weight is 428 g/mol. The number of carbonyl (C=O) groups excluding carboxylic acids is 2. The molecule has 1 aromatic heterocycles. The van der Waals surface area contributed by atoms with Crippen molar-refractivity contribution in [3.63, 3.8) is 0 Å². The summed E-state index contributed by atoms with van der Waals surface area (Å²) in [6, 6.07) is 13.2. The summed E-state index contributed by atoms with van der Waals surface area (Å²) in [5, 5.41) is 21.1. The van der Waals surface area contributed by atoms with E-state index in [4.69, 9.17) is 11.6 Å². The number of anilines is 2. The SMILES string of the molecule is Cc1nn(CC(=O)Nc2ccccc2C(=O)Nc2ccc(Cl)cc2)c(C)c1[N+](=O)[O-]. The Hall–Kier alpha value is -3.72. The third-order valence-corrected chi connectivity index (χ3v) is 4.62. The highest BCUT2D eigenvalue weighted by Crippen LogP contribution is 2.22. The molecule has 10 heteroatoms. The van der Waals surface area contributed by atoms with Gasteiger partial charge in [0.1, 0.15) is 17.9 Å². The molecule has 0 aliphatic rings. The van der Waals surface area contributed by atoms with E-state index in [-0.39, 0.29) is 29.2 Å². The second kappa shape index (κ2) is 8.75. The zero-order valence-electron chi connectivity index (χ0n) is 16.2. The number of rotatable bonds is 6. The number of carbonyl (C=O) groups is 2. The first-order valence-corrected chi connectivity index (χ1v) is 9.28. The van der Waals surface area contributed by atoms with Crippen LogP contribution in [0, 0.1) is 24.0 Å². The van der Waals surface area contributed by atoms with Gasteiger partial charge in [0.15, 0.2) is 0 Å². The van der Waals surface area contributed by atoms with Gasteiger partial charge in [-0.2, -0.15) is 5.10 Å². The van der Waals surface area contributed by atoms with Gasteiger partial charge in [-0.3, -0.25) is 24.4 Å². The van der Waals surface area contributed by atoms with Gasteiger partial charge in [0.25, 0.3) is 5.91 Å². The molecule has 0 saturated heterocycles. The van der Waals surface area contributed by atoms with Crippen LogP contribution in [0.2, 0.25) is 5.02 Å². The Balaban J connectivity index is 1.75. The molecule has 2 N–H and O–H groups in total. The van der Waals surface area contributed by atoms with Crippen LogP contribution in [0.15, 0.2) is 48.5 Å². The van der Waals surface area contributed by atoms with E-state index in [9.17, 15) is 19.7 Å². The Bertz CT molecular complexity index is 1120. The Morgan fingerprint density at radius 2 is 1.77 bits per heavy atom. The van der Waals surface area contributed by atoms with Crippen molar-refractivity contribution >= 4 is 40.5 Å². The molecule has 1 heterocycles. The van der Waals surface area contributed by atoms with Crippen LogP contribution in [-0.4, -0.2) is 26.5 Å². The topological polar surface area (TPSA) is 119 Å². The normalized spacial score (nSPS) is 10.5. The summed E-state index contributed by atoms with van der Waals surface area (Å²) in [7, 11) is 0. The summed E-state index contributed by atoms with van der Waals surface area (Å²) < 4.78 is 1.26. The molecule has 0 fully saturated rings. The lowest BCUT2D eigenvalue weighted by atomic mass is 10.1. The van der Waals surface area contributed by atoms with Crippen LogP contribution in [-0.2, 0) is 11.3 Å². The number of benzene rings is 2. The smallest absolute Gasteiger partial charge is 0.312 e. The molecule has 0 aliphatic carbocycles. The number of hydrogen-bond acceptors (Lipinski definition) is 5. The molecule has 30 heavy (non-hydrogen) atoms. The van der Waals surface area contributed by atoms with Crippen molar-refractivity contribution in [1.29, 1.82) is 0 Å². The molecule has 154 valence electrons. The van der Waals surface area contributed by atoms with Crippen molar-refractivity contribution in [2.24, 2.45) is 0 Å². The highest BCUT2D eigenvalue weighted by atomic mass is 35.5. The van der Waals surface area contributed by atoms with Crippen LogP contribution in [0.5, 0.6) is 0 Å². The number of aromatic nitrogens is 2. The second-order valence-electron chi connectivity index (χ2n) is 6.49. The Kier molecular flexibility index (Phi) is 6.12. The van der Waals surface area contributed by atoms with E-state index in [2.05, 4.69) is 15.7 Å². The van der Waals surface area contributed by atoms with Gasteiger partial charge in [0.2, 0.25) is 5.91 Å². The first-order chi connectivity index (χ1) is 14.3. The molecular formula is C20H18ClN5O4. The van der Waals surface area contributed by atoms with Gasteiger partial charge in [0, 0.05) is 10.7 Å². The molecule has 9 nitrogen and oxygen atoms in total. The van der Waals surface area contributed by atoms with Crippen LogP contribution < -0.4 is 10.6 Å². The number of halogens is 1. The van der Waals surface area contributed by atoms with Crippen molar-refractivity contribution in [3.05, 3.63) is 80.6 Å². The number of nitrogens with zero attached hydrogens (tertiary/aromatic N) is 3. The average Bonchev–Trinajstić information content (AvgIpc) is 2.97. The maximum atomic E-state index is 12.6. The minimum Gasteiger partial charge on any atom is -0.324 e. The van der Waals surface area contributed by atoms with Crippen molar-refractivity contribution < 1.29 is 14.5 Å². The Morgan fingerprint density at radius 3 is 2.40 bits per heavy atom. The number of nitro groups is 1. The third-order valence-electron chi connectivity index (χ3n) is 4.37. The van der Waals surface area contributed by atoms with Gasteiger partial charge in [-0.1, -0.05) is 23.7 Å². The van der Waals surface area contributed by atoms with Crippen LogP contribution in [0.1, 0.15) is 21.7 Å². The molecule has 2 amide bonds. The molecule has 3 rings (SSSR count). The molecule has 0 atom stereocenters. The summed E-state index contributed by atoms with van der Waals surface area (Å²) in [5.74, 6) is -0.878. The van der Waals surface area contributed by atoms with Crippen molar-refractivity contribution in [2.45, 2.75) is 20.4 Å². The highest BCUT2D eigenvalue weighted by molar-refractivity contribution is 6.30. The van der Waals surface area contributed by atoms with E-state index in [0.717, 1.165) is 0 Å². The monoisotopic (exact) mass is 427 g/mol. The van der Waals surface area contributed by atoms with Gasteiger partial charge in [-0.25, -0.2) is 0 Å². The summed E-state index contributed by atoms with van der Waals surface area (Å²) in [6.07, 6.45) is 0. The number of nitrogens with one attached hydrogen (secondary N) is 2. The lowest BCUT2D eigenvalue weighted by Crippen LogP contribution is -2.22. The number of hydrogen-bond donors (Lipinski definition) is 2. The summed E-state index contributed by atoms with van der Waals surface area (Å²) >= 11 is 5.85. The fourth-order valence-electron chi connectivity index (χ4n) is 2.95. The molecule has 0 spiro atoms. The minimum atomic E-state index is -0.525. The largest absolute Gasteiger partial charge is 0.324 e. The third kappa shape index (κ3) is 4.64. The number of amides is 2. The zero-order chi connectivity index (χ0) is 21.8. The lowest BCUT2D eigenvalue weighted by Gasteiger charge is -2.12. The number of aryl methyl sites for hydroxylation is 1. The highest BCUT2D eigenvalue weighted by Gasteiger charge is 2.23. The van der Waals surface area contributed by atoms with E-state index in [1.807, 2.05) is 0 Å². The van der Waals surface area contributed by atoms with Gasteiger partial charge < -0.3 is 10.6 Å². The standard InChI is InChI=1S/C20H18ClN5O4/c1-12-19(26(29)30)13(2)25(24-12)11-18(27)23-17-6-4-3-5-16(17)20(28)22-15-9-7-14(21)8-10-15/h3-10H,11H2,1-2H3,(H,22,28)(H,23,27). The fraction of sp³-hybridized carbons (Fsp3) is 0.150. The van der Waals surface area contributed by atoms with Crippen molar-refractivity contribution in [3.8, 4) is 0 Å². The Morgan fingerprint density at radius 1 is 1.10 bits per heavy atom. The van der Waals surface area contributed by atoms with Crippen LogP contribution in [0.4, 0.5) is 17.1 Å². The molecule has 3 aromatic rings. The van der Waals surface area contributed by atoms with E-state index < -0.39 is 16.7 Å². The van der Waals surface area contributed by atoms with E-state index >= 15 is 0 Å². The number of para-hydroxylation sites is 1. The van der Waals surface area contributed by atoms with Gasteiger partial charge in [-0.15, -0.1) is 0 Å². The summed E-state index contributed by atoms with van der Waals surface area (Å²) in [6.45, 7) is 2.81. The van der Waals surface area contributed by atoms with Crippen molar-refractivity contribution in [2.75, 3.05) is 10.6 Å².